The van der Waals surface area contributed by atoms with E-state index in [1.807, 2.05) is 0 Å². The van der Waals surface area contributed by atoms with Gasteiger partial charge in [-0.2, -0.15) is 8.78 Å². The lowest BCUT2D eigenvalue weighted by Gasteiger charge is -2.28. The quantitative estimate of drug-likeness (QED) is 0.662. The number of nitrogens with two attached hydrogens (primary N) is 2. The maximum absolute atomic E-state index is 12.7. The summed E-state index contributed by atoms with van der Waals surface area (Å²) in [6, 6.07) is 3.14. The van der Waals surface area contributed by atoms with Crippen molar-refractivity contribution in [3.8, 4) is 5.75 Å². The van der Waals surface area contributed by atoms with Crippen LogP contribution in [0.25, 0.3) is 0 Å². The van der Waals surface area contributed by atoms with E-state index in [1.54, 1.807) is 0 Å². The van der Waals surface area contributed by atoms with Crippen LogP contribution in [0.1, 0.15) is 0 Å². The van der Waals surface area contributed by atoms with Gasteiger partial charge in [-0.25, -0.2) is 0 Å². The largest absolute Gasteiger partial charge is 0.433 e. The highest BCUT2D eigenvalue weighted by atomic mass is 19.3. The van der Waals surface area contributed by atoms with Crippen molar-refractivity contribution in [1.29, 1.82) is 0 Å². The topological polar surface area (TPSA) is 120 Å². The number of benzene rings is 1. The minimum atomic E-state index is -3.09. The Bertz CT molecular complexity index is 614. The fraction of sp³-hybridized carbons (Fsp3) is 0.429. The molecule has 1 heterocycles. The highest BCUT2D eigenvalue weighted by molar-refractivity contribution is 5.98. The van der Waals surface area contributed by atoms with Crippen molar-refractivity contribution in [2.24, 2.45) is 11.5 Å². The van der Waals surface area contributed by atoms with Gasteiger partial charge in [-0.05, 0) is 12.1 Å². The number of hydrogen-bond donors (Lipinski definition) is 3. The highest BCUT2D eigenvalue weighted by Gasteiger charge is 2.25. The SMILES string of the molecule is NC[C@@H](N)C(=O)Nc1ccc(N2CCOCC2=O)c(OC(F)F)c1. The summed E-state index contributed by atoms with van der Waals surface area (Å²) in [5.74, 6) is -1.17. The second-order valence-corrected chi connectivity index (χ2v) is 4.99. The van der Waals surface area contributed by atoms with Gasteiger partial charge in [0, 0.05) is 24.8 Å². The molecule has 1 aliphatic rings. The number of anilines is 2. The fourth-order valence-electron chi connectivity index (χ4n) is 2.12. The van der Waals surface area contributed by atoms with Crippen LogP contribution in [0.4, 0.5) is 20.2 Å². The van der Waals surface area contributed by atoms with Gasteiger partial charge in [-0.3, -0.25) is 9.59 Å². The highest BCUT2D eigenvalue weighted by Crippen LogP contribution is 2.33. The molecule has 0 aromatic heterocycles. The number of carbonyl (C=O) groups excluding carboxylic acids is 2. The van der Waals surface area contributed by atoms with E-state index in [-0.39, 0.29) is 49.3 Å². The van der Waals surface area contributed by atoms with Gasteiger partial charge in [0.05, 0.1) is 18.3 Å². The molecule has 0 bridgehead atoms. The van der Waals surface area contributed by atoms with E-state index in [4.69, 9.17) is 16.2 Å². The third-order valence-corrected chi connectivity index (χ3v) is 3.31. The van der Waals surface area contributed by atoms with Crippen LogP contribution < -0.4 is 26.4 Å². The van der Waals surface area contributed by atoms with Gasteiger partial charge < -0.3 is 31.2 Å². The summed E-state index contributed by atoms with van der Waals surface area (Å²) < 4.78 is 34.8. The molecular weight excluding hydrogens is 326 g/mol. The summed E-state index contributed by atoms with van der Waals surface area (Å²) in [5.41, 5.74) is 11.2. The van der Waals surface area contributed by atoms with Crippen molar-refractivity contribution in [1.82, 2.24) is 0 Å². The fourth-order valence-corrected chi connectivity index (χ4v) is 2.12. The lowest BCUT2D eigenvalue weighted by molar-refractivity contribution is -0.125. The van der Waals surface area contributed by atoms with Crippen LogP contribution in [-0.2, 0) is 14.3 Å². The van der Waals surface area contributed by atoms with Crippen LogP contribution in [-0.4, -0.2) is 50.8 Å². The van der Waals surface area contributed by atoms with Crippen molar-refractivity contribution >= 4 is 23.2 Å². The van der Waals surface area contributed by atoms with Crippen LogP contribution in [0.3, 0.4) is 0 Å². The average molecular weight is 344 g/mol. The van der Waals surface area contributed by atoms with Gasteiger partial charge in [0.1, 0.15) is 6.61 Å². The molecule has 1 aromatic rings. The summed E-state index contributed by atoms with van der Waals surface area (Å²) >= 11 is 0. The molecule has 132 valence electrons. The lowest BCUT2D eigenvalue weighted by atomic mass is 10.2. The summed E-state index contributed by atoms with van der Waals surface area (Å²) in [7, 11) is 0. The van der Waals surface area contributed by atoms with E-state index in [2.05, 4.69) is 10.1 Å². The molecular formula is C14H18F2N4O4. The maximum atomic E-state index is 12.7. The first-order chi connectivity index (χ1) is 11.4. The number of nitrogens with zero attached hydrogens (tertiary/aromatic N) is 1. The van der Waals surface area contributed by atoms with Gasteiger partial charge in [-0.1, -0.05) is 0 Å². The number of halogens is 2. The number of rotatable bonds is 6. The predicted octanol–water partition coefficient (Wildman–Crippen LogP) is -0.124. The van der Waals surface area contributed by atoms with Gasteiger partial charge in [-0.15, -0.1) is 0 Å². The predicted molar refractivity (Wildman–Crippen MR) is 81.9 cm³/mol. The van der Waals surface area contributed by atoms with E-state index >= 15 is 0 Å². The molecule has 2 rings (SSSR count). The Kier molecular flexibility index (Phi) is 6.01. The van der Waals surface area contributed by atoms with E-state index in [0.717, 1.165) is 0 Å². The Labute approximate surface area is 136 Å². The molecule has 0 radical (unpaired) electrons. The van der Waals surface area contributed by atoms with Crippen molar-refractivity contribution < 1.29 is 27.8 Å². The molecule has 1 saturated heterocycles. The van der Waals surface area contributed by atoms with Crippen LogP contribution in [0.15, 0.2) is 18.2 Å². The number of hydrogen-bond acceptors (Lipinski definition) is 6. The zero-order valence-corrected chi connectivity index (χ0v) is 12.7. The van der Waals surface area contributed by atoms with E-state index in [1.165, 1.54) is 23.1 Å². The molecule has 1 fully saturated rings. The molecule has 0 spiro atoms. The smallest absolute Gasteiger partial charge is 0.387 e. The number of amides is 2. The minimum Gasteiger partial charge on any atom is -0.433 e. The minimum absolute atomic E-state index is 0.0629. The molecule has 1 aromatic carbocycles. The summed E-state index contributed by atoms with van der Waals surface area (Å²) in [4.78, 5) is 24.9. The number of nitrogens with one attached hydrogen (secondary N) is 1. The third kappa shape index (κ3) is 4.37. The second-order valence-electron chi connectivity index (χ2n) is 4.99. The third-order valence-electron chi connectivity index (χ3n) is 3.31. The van der Waals surface area contributed by atoms with Crippen molar-refractivity contribution in [2.45, 2.75) is 12.7 Å². The second kappa shape index (κ2) is 7.99. The Balaban J connectivity index is 2.27. The Morgan fingerprint density at radius 2 is 2.21 bits per heavy atom. The first kappa shape index (κ1) is 18.0. The van der Waals surface area contributed by atoms with E-state index in [9.17, 15) is 18.4 Å². The van der Waals surface area contributed by atoms with Crippen molar-refractivity contribution in [3.63, 3.8) is 0 Å². The van der Waals surface area contributed by atoms with Gasteiger partial charge in [0.25, 0.3) is 5.91 Å². The number of alkyl halides is 2. The molecule has 24 heavy (non-hydrogen) atoms. The summed E-state index contributed by atoms with van der Waals surface area (Å²) in [5, 5.41) is 2.45. The first-order valence-corrected chi connectivity index (χ1v) is 7.16. The zero-order valence-electron chi connectivity index (χ0n) is 12.7. The summed E-state index contributed by atoms with van der Waals surface area (Å²) in [6.07, 6.45) is 0. The van der Waals surface area contributed by atoms with E-state index < -0.39 is 18.6 Å². The van der Waals surface area contributed by atoms with Crippen molar-refractivity contribution in [2.75, 3.05) is 36.5 Å². The Morgan fingerprint density at radius 3 is 2.83 bits per heavy atom. The van der Waals surface area contributed by atoms with Crippen LogP contribution in [0, 0.1) is 0 Å². The molecule has 2 amide bonds. The molecule has 0 aliphatic carbocycles. The van der Waals surface area contributed by atoms with Gasteiger partial charge >= 0.3 is 6.61 Å². The van der Waals surface area contributed by atoms with Crippen LogP contribution in [0.2, 0.25) is 0 Å². The van der Waals surface area contributed by atoms with Crippen molar-refractivity contribution in [3.05, 3.63) is 18.2 Å². The van der Waals surface area contributed by atoms with Crippen LogP contribution >= 0.6 is 0 Å². The van der Waals surface area contributed by atoms with Gasteiger partial charge in [0.2, 0.25) is 5.91 Å². The molecule has 0 saturated carbocycles. The number of ether oxygens (including phenoxy) is 2. The van der Waals surface area contributed by atoms with Crippen LogP contribution in [0.5, 0.6) is 5.75 Å². The lowest BCUT2D eigenvalue weighted by Crippen LogP contribution is -2.42. The molecule has 0 unspecified atom stereocenters. The monoisotopic (exact) mass is 344 g/mol. The first-order valence-electron chi connectivity index (χ1n) is 7.16. The standard InChI is InChI=1S/C14H18F2N4O4/c15-14(16)24-11-5-8(19-13(22)9(18)6-17)1-2-10(11)20-3-4-23-7-12(20)21/h1-2,5,9,14H,3-4,6-7,17-18H2,(H,19,22)/t9-/m1/s1. The summed E-state index contributed by atoms with van der Waals surface area (Å²) in [6.45, 7) is -2.80. The molecule has 8 nitrogen and oxygen atoms in total. The average Bonchev–Trinajstić information content (AvgIpc) is 2.54. The number of carbonyl (C=O) groups is 2. The molecule has 1 aliphatic heterocycles. The molecule has 5 N–H and O–H groups in total. The number of morpholine rings is 1. The van der Waals surface area contributed by atoms with E-state index in [0.29, 0.717) is 0 Å². The molecule has 10 heteroatoms. The zero-order chi connectivity index (χ0) is 17.7. The van der Waals surface area contributed by atoms with Gasteiger partial charge in [0.15, 0.2) is 5.75 Å². The molecule has 1 atom stereocenters. The normalized spacial score (nSPS) is 16.2. The maximum Gasteiger partial charge on any atom is 0.387 e. The Morgan fingerprint density at radius 1 is 1.46 bits per heavy atom. The Hall–Kier alpha value is -2.30.